The molecule has 1 aliphatic carbocycles. The van der Waals surface area contributed by atoms with Gasteiger partial charge in [-0.25, -0.2) is 13.1 Å². The van der Waals surface area contributed by atoms with Crippen LogP contribution in [0.2, 0.25) is 0 Å². The Morgan fingerprint density at radius 3 is 2.39 bits per heavy atom. The number of hydrogen-bond acceptors (Lipinski definition) is 3. The van der Waals surface area contributed by atoms with E-state index in [1.165, 1.54) is 12.8 Å². The number of sulfonamides is 1. The van der Waals surface area contributed by atoms with Crippen LogP contribution in [0.25, 0.3) is 0 Å². The normalized spacial score (nSPS) is 26.7. The molecule has 1 fully saturated rings. The van der Waals surface area contributed by atoms with Crippen LogP contribution in [0, 0.1) is 11.8 Å². The lowest BCUT2D eigenvalue weighted by Crippen LogP contribution is -2.42. The van der Waals surface area contributed by atoms with Crippen LogP contribution >= 0.6 is 0 Å². The van der Waals surface area contributed by atoms with Crippen LogP contribution in [0.3, 0.4) is 0 Å². The molecule has 0 spiro atoms. The van der Waals surface area contributed by atoms with Gasteiger partial charge in [0, 0.05) is 19.1 Å². The highest BCUT2D eigenvalue weighted by atomic mass is 32.2. The second-order valence-corrected chi connectivity index (χ2v) is 8.12. The Morgan fingerprint density at radius 1 is 1.22 bits per heavy atom. The summed E-state index contributed by atoms with van der Waals surface area (Å²) in [5, 5.41) is 2.79. The quantitative estimate of drug-likeness (QED) is 0.744. The van der Waals surface area contributed by atoms with Crippen molar-refractivity contribution in [2.45, 2.75) is 58.2 Å². The molecule has 0 aromatic heterocycles. The smallest absolute Gasteiger partial charge is 0.215 e. The molecule has 18 heavy (non-hydrogen) atoms. The standard InChI is InChI=1S/C13H28N2O2S/c1-10(2)14-8-12(4)18(16,17)15-9-13-7-5-6-11(13)3/h10-15H,5-9H2,1-4H3. The van der Waals surface area contributed by atoms with E-state index in [9.17, 15) is 8.42 Å². The third kappa shape index (κ3) is 4.86. The van der Waals surface area contributed by atoms with E-state index in [1.54, 1.807) is 6.92 Å². The van der Waals surface area contributed by atoms with Gasteiger partial charge >= 0.3 is 0 Å². The molecular formula is C13H28N2O2S. The van der Waals surface area contributed by atoms with Gasteiger partial charge in [-0.05, 0) is 25.2 Å². The summed E-state index contributed by atoms with van der Waals surface area (Å²) in [6.07, 6.45) is 3.62. The van der Waals surface area contributed by atoms with Crippen LogP contribution in [0.15, 0.2) is 0 Å². The molecule has 1 rings (SSSR count). The van der Waals surface area contributed by atoms with E-state index in [2.05, 4.69) is 17.0 Å². The minimum Gasteiger partial charge on any atom is -0.313 e. The van der Waals surface area contributed by atoms with Crippen molar-refractivity contribution in [2.75, 3.05) is 13.1 Å². The summed E-state index contributed by atoms with van der Waals surface area (Å²) in [4.78, 5) is 0. The van der Waals surface area contributed by atoms with Crippen LogP contribution < -0.4 is 10.0 Å². The van der Waals surface area contributed by atoms with Crippen LogP contribution in [0.5, 0.6) is 0 Å². The molecule has 0 radical (unpaired) electrons. The first-order valence-electron chi connectivity index (χ1n) is 7.04. The third-order valence-corrected chi connectivity index (χ3v) is 5.72. The lowest BCUT2D eigenvalue weighted by atomic mass is 9.99. The summed E-state index contributed by atoms with van der Waals surface area (Å²) < 4.78 is 26.9. The highest BCUT2D eigenvalue weighted by Crippen LogP contribution is 2.30. The Bertz CT molecular complexity index is 341. The molecule has 0 bridgehead atoms. The molecular weight excluding hydrogens is 248 g/mol. The topological polar surface area (TPSA) is 58.2 Å². The van der Waals surface area contributed by atoms with Gasteiger partial charge in [0.25, 0.3) is 0 Å². The van der Waals surface area contributed by atoms with E-state index in [-0.39, 0.29) is 5.25 Å². The summed E-state index contributed by atoms with van der Waals surface area (Å²) in [6, 6.07) is 0.317. The first kappa shape index (κ1) is 15.9. The predicted molar refractivity (Wildman–Crippen MR) is 76.0 cm³/mol. The Kier molecular flexibility index (Phi) is 6.08. The SMILES string of the molecule is CC(C)NCC(C)S(=O)(=O)NCC1CCCC1C. The van der Waals surface area contributed by atoms with E-state index in [1.807, 2.05) is 13.8 Å². The maximum atomic E-state index is 12.1. The van der Waals surface area contributed by atoms with E-state index in [0.29, 0.717) is 31.0 Å². The molecule has 0 aromatic rings. The van der Waals surface area contributed by atoms with Crippen molar-refractivity contribution in [3.63, 3.8) is 0 Å². The van der Waals surface area contributed by atoms with Crippen LogP contribution in [0.4, 0.5) is 0 Å². The summed E-state index contributed by atoms with van der Waals surface area (Å²) in [7, 11) is -3.18. The van der Waals surface area contributed by atoms with Crippen molar-refractivity contribution in [2.24, 2.45) is 11.8 Å². The summed E-state index contributed by atoms with van der Waals surface area (Å²) in [5.41, 5.74) is 0. The number of nitrogens with one attached hydrogen (secondary N) is 2. The molecule has 108 valence electrons. The molecule has 1 saturated carbocycles. The molecule has 0 saturated heterocycles. The fourth-order valence-electron chi connectivity index (χ4n) is 2.40. The molecule has 4 nitrogen and oxygen atoms in total. The zero-order chi connectivity index (χ0) is 13.8. The lowest BCUT2D eigenvalue weighted by Gasteiger charge is -2.20. The van der Waals surface area contributed by atoms with Crippen molar-refractivity contribution < 1.29 is 8.42 Å². The monoisotopic (exact) mass is 276 g/mol. The lowest BCUT2D eigenvalue weighted by molar-refractivity contribution is 0.413. The average Bonchev–Trinajstić information content (AvgIpc) is 2.69. The Morgan fingerprint density at radius 2 is 1.89 bits per heavy atom. The second kappa shape index (κ2) is 6.87. The van der Waals surface area contributed by atoms with Gasteiger partial charge in [0.2, 0.25) is 10.0 Å². The maximum Gasteiger partial charge on any atom is 0.215 e. The summed E-state index contributed by atoms with van der Waals surface area (Å²) in [6.45, 7) is 9.13. The summed E-state index contributed by atoms with van der Waals surface area (Å²) >= 11 is 0. The zero-order valence-electron chi connectivity index (χ0n) is 12.1. The fraction of sp³-hybridized carbons (Fsp3) is 1.00. The van der Waals surface area contributed by atoms with E-state index in [0.717, 1.165) is 6.42 Å². The maximum absolute atomic E-state index is 12.1. The summed E-state index contributed by atoms with van der Waals surface area (Å²) in [5.74, 6) is 1.17. The second-order valence-electron chi connectivity index (χ2n) is 5.94. The minimum absolute atomic E-state index is 0.317. The Balaban J connectivity index is 2.38. The van der Waals surface area contributed by atoms with Crippen LogP contribution in [0.1, 0.15) is 47.0 Å². The van der Waals surface area contributed by atoms with Gasteiger partial charge in [-0.15, -0.1) is 0 Å². The van der Waals surface area contributed by atoms with Gasteiger partial charge in [0.15, 0.2) is 0 Å². The Hall–Kier alpha value is -0.130. The van der Waals surface area contributed by atoms with E-state index >= 15 is 0 Å². The fourth-order valence-corrected chi connectivity index (χ4v) is 3.45. The zero-order valence-corrected chi connectivity index (χ0v) is 12.9. The number of rotatable bonds is 7. The van der Waals surface area contributed by atoms with Crippen molar-refractivity contribution in [3.8, 4) is 0 Å². The van der Waals surface area contributed by atoms with Crippen molar-refractivity contribution >= 4 is 10.0 Å². The van der Waals surface area contributed by atoms with Gasteiger partial charge in [-0.1, -0.05) is 33.6 Å². The first-order chi connectivity index (χ1) is 8.33. The molecule has 1 aliphatic rings. The predicted octanol–water partition coefficient (Wildman–Crippen LogP) is 1.73. The van der Waals surface area contributed by atoms with E-state index < -0.39 is 10.0 Å². The molecule has 2 N–H and O–H groups in total. The molecule has 5 heteroatoms. The van der Waals surface area contributed by atoms with Crippen molar-refractivity contribution in [1.82, 2.24) is 10.0 Å². The van der Waals surface area contributed by atoms with Crippen molar-refractivity contribution in [3.05, 3.63) is 0 Å². The highest BCUT2D eigenvalue weighted by Gasteiger charge is 2.26. The average molecular weight is 276 g/mol. The number of hydrogen-bond donors (Lipinski definition) is 2. The van der Waals surface area contributed by atoms with Gasteiger partial charge in [0.05, 0.1) is 5.25 Å². The molecule has 0 amide bonds. The molecule has 3 unspecified atom stereocenters. The van der Waals surface area contributed by atoms with Gasteiger partial charge in [-0.2, -0.15) is 0 Å². The Labute approximate surface area is 112 Å². The first-order valence-corrected chi connectivity index (χ1v) is 8.59. The highest BCUT2D eigenvalue weighted by molar-refractivity contribution is 7.90. The van der Waals surface area contributed by atoms with Gasteiger partial charge in [-0.3, -0.25) is 0 Å². The van der Waals surface area contributed by atoms with Crippen molar-refractivity contribution in [1.29, 1.82) is 0 Å². The largest absolute Gasteiger partial charge is 0.313 e. The molecule has 0 aliphatic heterocycles. The van der Waals surface area contributed by atoms with Crippen LogP contribution in [-0.4, -0.2) is 32.8 Å². The van der Waals surface area contributed by atoms with Gasteiger partial charge < -0.3 is 5.32 Å². The third-order valence-electron chi connectivity index (χ3n) is 3.93. The van der Waals surface area contributed by atoms with E-state index in [4.69, 9.17) is 0 Å². The molecule has 0 heterocycles. The minimum atomic E-state index is -3.18. The van der Waals surface area contributed by atoms with Crippen LogP contribution in [-0.2, 0) is 10.0 Å². The van der Waals surface area contributed by atoms with Gasteiger partial charge in [0.1, 0.15) is 0 Å². The molecule has 3 atom stereocenters. The molecule has 0 aromatic carbocycles.